The summed E-state index contributed by atoms with van der Waals surface area (Å²) in [5.74, 6) is 0. The van der Waals surface area contributed by atoms with Crippen LogP contribution in [0, 0.1) is 5.41 Å². The quantitative estimate of drug-likeness (QED) is 0.871. The Kier molecular flexibility index (Phi) is 3.36. The lowest BCUT2D eigenvalue weighted by atomic mass is 9.76. The van der Waals surface area contributed by atoms with Crippen molar-refractivity contribution in [1.29, 1.82) is 0 Å². The highest BCUT2D eigenvalue weighted by Crippen LogP contribution is 2.42. The van der Waals surface area contributed by atoms with Gasteiger partial charge in [0, 0.05) is 6.54 Å². The second-order valence-electron chi connectivity index (χ2n) is 4.29. The SMILES string of the molecule is CC(C)(C)C(O)(CN)c1scnc1Br. The van der Waals surface area contributed by atoms with Crippen LogP contribution in [0.1, 0.15) is 25.6 Å². The minimum atomic E-state index is -1.02. The van der Waals surface area contributed by atoms with E-state index < -0.39 is 5.60 Å². The van der Waals surface area contributed by atoms with Crippen LogP contribution in [0.15, 0.2) is 10.1 Å². The monoisotopic (exact) mass is 278 g/mol. The van der Waals surface area contributed by atoms with Crippen LogP contribution in [0.25, 0.3) is 0 Å². The first-order valence-electron chi connectivity index (χ1n) is 4.35. The van der Waals surface area contributed by atoms with Gasteiger partial charge in [-0.05, 0) is 21.3 Å². The van der Waals surface area contributed by atoms with Crippen molar-refractivity contribution in [3.63, 3.8) is 0 Å². The van der Waals surface area contributed by atoms with E-state index in [0.29, 0.717) is 4.60 Å². The van der Waals surface area contributed by atoms with Crippen LogP contribution in [-0.4, -0.2) is 16.6 Å². The Balaban J connectivity index is 3.22. The maximum absolute atomic E-state index is 10.5. The van der Waals surface area contributed by atoms with Crippen molar-refractivity contribution >= 4 is 27.3 Å². The molecule has 1 aromatic heterocycles. The molecule has 1 aromatic rings. The Morgan fingerprint density at radius 3 is 2.43 bits per heavy atom. The van der Waals surface area contributed by atoms with Gasteiger partial charge in [0.15, 0.2) is 0 Å². The average molecular weight is 279 g/mol. The van der Waals surface area contributed by atoms with Gasteiger partial charge in [0.05, 0.1) is 10.4 Å². The Morgan fingerprint density at radius 1 is 1.57 bits per heavy atom. The highest BCUT2D eigenvalue weighted by atomic mass is 79.9. The van der Waals surface area contributed by atoms with Gasteiger partial charge in [0.1, 0.15) is 10.2 Å². The van der Waals surface area contributed by atoms with Crippen molar-refractivity contribution < 1.29 is 5.11 Å². The molecular formula is C9H15BrN2OS. The summed E-state index contributed by atoms with van der Waals surface area (Å²) in [5, 5.41) is 10.5. The average Bonchev–Trinajstić information content (AvgIpc) is 2.48. The summed E-state index contributed by atoms with van der Waals surface area (Å²) in [4.78, 5) is 4.86. The van der Waals surface area contributed by atoms with E-state index in [0.717, 1.165) is 4.88 Å². The number of halogens is 1. The number of aliphatic hydroxyl groups is 1. The molecule has 1 atom stereocenters. The summed E-state index contributed by atoms with van der Waals surface area (Å²) in [6, 6.07) is 0. The topological polar surface area (TPSA) is 59.1 Å². The van der Waals surface area contributed by atoms with Crippen LogP contribution in [-0.2, 0) is 5.60 Å². The van der Waals surface area contributed by atoms with Gasteiger partial charge in [0.25, 0.3) is 0 Å². The second-order valence-corrected chi connectivity index (χ2v) is 5.89. The van der Waals surface area contributed by atoms with Gasteiger partial charge in [-0.15, -0.1) is 11.3 Å². The molecule has 5 heteroatoms. The van der Waals surface area contributed by atoms with Crippen LogP contribution < -0.4 is 5.73 Å². The lowest BCUT2D eigenvalue weighted by molar-refractivity contribution is -0.0533. The van der Waals surface area contributed by atoms with Crippen molar-refractivity contribution in [2.75, 3.05) is 6.54 Å². The molecule has 0 aliphatic heterocycles. The molecular weight excluding hydrogens is 264 g/mol. The van der Waals surface area contributed by atoms with E-state index in [1.807, 2.05) is 20.8 Å². The first-order chi connectivity index (χ1) is 6.33. The van der Waals surface area contributed by atoms with Crippen LogP contribution in [0.4, 0.5) is 0 Å². The van der Waals surface area contributed by atoms with E-state index in [4.69, 9.17) is 5.73 Å². The smallest absolute Gasteiger partial charge is 0.123 e. The first-order valence-corrected chi connectivity index (χ1v) is 6.02. The fourth-order valence-corrected chi connectivity index (χ4v) is 3.08. The Bertz CT molecular complexity index is 321. The fraction of sp³-hybridized carbons (Fsp3) is 0.667. The lowest BCUT2D eigenvalue weighted by Crippen LogP contribution is -2.46. The van der Waals surface area contributed by atoms with Crippen molar-refractivity contribution in [3.8, 4) is 0 Å². The van der Waals surface area contributed by atoms with E-state index in [9.17, 15) is 5.11 Å². The predicted octanol–water partition coefficient (Wildman–Crippen LogP) is 2.10. The van der Waals surface area contributed by atoms with Gasteiger partial charge in [-0.25, -0.2) is 4.98 Å². The summed E-state index contributed by atoms with van der Waals surface area (Å²) in [5.41, 5.74) is 6.03. The number of hydrogen-bond acceptors (Lipinski definition) is 4. The maximum Gasteiger partial charge on any atom is 0.123 e. The lowest BCUT2D eigenvalue weighted by Gasteiger charge is -2.38. The molecule has 0 saturated heterocycles. The van der Waals surface area contributed by atoms with Gasteiger partial charge < -0.3 is 10.8 Å². The zero-order valence-electron chi connectivity index (χ0n) is 8.54. The molecule has 14 heavy (non-hydrogen) atoms. The zero-order valence-corrected chi connectivity index (χ0v) is 10.9. The molecule has 1 rings (SSSR count). The third-order valence-electron chi connectivity index (χ3n) is 2.44. The van der Waals surface area contributed by atoms with Gasteiger partial charge in [-0.3, -0.25) is 0 Å². The van der Waals surface area contributed by atoms with Crippen molar-refractivity contribution in [2.45, 2.75) is 26.4 Å². The van der Waals surface area contributed by atoms with Gasteiger partial charge in [-0.2, -0.15) is 0 Å². The molecule has 3 N–H and O–H groups in total. The normalized spacial score (nSPS) is 16.7. The largest absolute Gasteiger partial charge is 0.382 e. The molecule has 0 bridgehead atoms. The number of nitrogens with two attached hydrogens (primary N) is 1. The molecule has 0 aliphatic rings. The third-order valence-corrected chi connectivity index (χ3v) is 4.28. The molecule has 1 unspecified atom stereocenters. The van der Waals surface area contributed by atoms with E-state index in [2.05, 4.69) is 20.9 Å². The molecule has 0 spiro atoms. The minimum absolute atomic E-state index is 0.192. The van der Waals surface area contributed by atoms with E-state index in [1.54, 1.807) is 5.51 Å². The summed E-state index contributed by atoms with van der Waals surface area (Å²) >= 11 is 4.74. The predicted molar refractivity (Wildman–Crippen MR) is 62.2 cm³/mol. The summed E-state index contributed by atoms with van der Waals surface area (Å²) in [6.45, 7) is 6.08. The van der Waals surface area contributed by atoms with E-state index in [1.165, 1.54) is 11.3 Å². The van der Waals surface area contributed by atoms with Crippen LogP contribution >= 0.6 is 27.3 Å². The van der Waals surface area contributed by atoms with Gasteiger partial charge in [-0.1, -0.05) is 20.8 Å². The third kappa shape index (κ3) is 1.86. The van der Waals surface area contributed by atoms with E-state index >= 15 is 0 Å². The van der Waals surface area contributed by atoms with Gasteiger partial charge in [0.2, 0.25) is 0 Å². The molecule has 0 saturated carbocycles. The molecule has 1 heterocycles. The number of aromatic nitrogens is 1. The first kappa shape index (κ1) is 12.1. The van der Waals surface area contributed by atoms with Gasteiger partial charge >= 0.3 is 0 Å². The van der Waals surface area contributed by atoms with Crippen LogP contribution in [0.3, 0.4) is 0 Å². The minimum Gasteiger partial charge on any atom is -0.382 e. The standard InChI is InChI=1S/C9H15BrN2OS/c1-8(2,3)9(13,4-11)6-7(10)12-5-14-6/h5,13H,4,11H2,1-3H3. The molecule has 0 aromatic carbocycles. The maximum atomic E-state index is 10.5. The Morgan fingerprint density at radius 2 is 2.14 bits per heavy atom. The van der Waals surface area contributed by atoms with E-state index in [-0.39, 0.29) is 12.0 Å². The Labute approximate surface area is 96.5 Å². The number of hydrogen-bond donors (Lipinski definition) is 2. The number of thiazole rings is 1. The van der Waals surface area contributed by atoms with Crippen molar-refractivity contribution in [2.24, 2.45) is 11.1 Å². The molecule has 0 fully saturated rings. The highest BCUT2D eigenvalue weighted by Gasteiger charge is 2.43. The summed E-state index contributed by atoms with van der Waals surface area (Å²) in [7, 11) is 0. The zero-order chi connectivity index (χ0) is 11.0. The molecule has 80 valence electrons. The highest BCUT2D eigenvalue weighted by molar-refractivity contribution is 9.10. The number of rotatable bonds is 2. The number of nitrogens with zero attached hydrogens (tertiary/aromatic N) is 1. The molecule has 0 amide bonds. The fourth-order valence-electron chi connectivity index (χ4n) is 1.24. The molecule has 3 nitrogen and oxygen atoms in total. The summed E-state index contributed by atoms with van der Waals surface area (Å²) < 4.78 is 0.686. The van der Waals surface area contributed by atoms with Crippen LogP contribution in [0.2, 0.25) is 0 Å². The second kappa shape index (κ2) is 3.89. The van der Waals surface area contributed by atoms with Crippen molar-refractivity contribution in [3.05, 3.63) is 15.0 Å². The van der Waals surface area contributed by atoms with Crippen LogP contribution in [0.5, 0.6) is 0 Å². The Hall–Kier alpha value is 0.0300. The molecule has 0 radical (unpaired) electrons. The summed E-state index contributed by atoms with van der Waals surface area (Å²) in [6.07, 6.45) is 0. The molecule has 0 aliphatic carbocycles. The van der Waals surface area contributed by atoms with Crippen molar-refractivity contribution in [1.82, 2.24) is 4.98 Å².